The fourth-order valence-corrected chi connectivity index (χ4v) is 2.67. The third-order valence-electron chi connectivity index (χ3n) is 3.05. The number of thiazole rings is 1. The number of nitrogens with zero attached hydrogens (tertiary/aromatic N) is 1. The van der Waals surface area contributed by atoms with Crippen LogP contribution >= 0.6 is 11.3 Å². The quantitative estimate of drug-likeness (QED) is 0.776. The van der Waals surface area contributed by atoms with E-state index < -0.39 is 11.6 Å². The van der Waals surface area contributed by atoms with E-state index in [1.165, 1.54) is 17.4 Å². The summed E-state index contributed by atoms with van der Waals surface area (Å²) in [4.78, 5) is 27.3. The van der Waals surface area contributed by atoms with Crippen LogP contribution < -0.4 is 5.32 Å². The Balaban J connectivity index is 1.83. The number of hydrogen-bond donors (Lipinski definition) is 1. The van der Waals surface area contributed by atoms with Crippen LogP contribution in [0.1, 0.15) is 24.6 Å². The number of nitrogens with one attached hydrogen (secondary N) is 1. The summed E-state index contributed by atoms with van der Waals surface area (Å²) in [6.07, 6.45) is 0.441. The zero-order valence-corrected chi connectivity index (χ0v) is 13.8. The van der Waals surface area contributed by atoms with Gasteiger partial charge < -0.3 is 10.1 Å². The number of aryl methyl sites for hydroxylation is 1. The van der Waals surface area contributed by atoms with Gasteiger partial charge in [-0.2, -0.15) is 0 Å². The maximum Gasteiger partial charge on any atom is 0.311 e. The van der Waals surface area contributed by atoms with Gasteiger partial charge in [0.2, 0.25) is 5.91 Å². The number of halogens is 2. The van der Waals surface area contributed by atoms with Crippen molar-refractivity contribution in [3.63, 3.8) is 0 Å². The van der Waals surface area contributed by atoms with E-state index in [0.29, 0.717) is 23.0 Å². The molecule has 5 nitrogen and oxygen atoms in total. The summed E-state index contributed by atoms with van der Waals surface area (Å²) in [5.41, 5.74) is 1.06. The number of esters is 1. The Morgan fingerprint density at radius 3 is 2.79 bits per heavy atom. The lowest BCUT2D eigenvalue weighted by atomic mass is 10.1. The Kier molecular flexibility index (Phi) is 6.36. The molecule has 0 spiro atoms. The smallest absolute Gasteiger partial charge is 0.311 e. The van der Waals surface area contributed by atoms with Crippen molar-refractivity contribution in [2.45, 2.75) is 26.2 Å². The number of rotatable bonds is 7. The first-order chi connectivity index (χ1) is 11.5. The number of ether oxygens (including phenoxy) is 1. The van der Waals surface area contributed by atoms with Gasteiger partial charge in [0, 0.05) is 11.8 Å². The fraction of sp³-hybridized carbons (Fsp3) is 0.312. The highest BCUT2D eigenvalue weighted by atomic mass is 32.1. The van der Waals surface area contributed by atoms with E-state index in [1.54, 1.807) is 12.3 Å². The molecular formula is C16H16F2N2O3S. The molecule has 0 unspecified atom stereocenters. The van der Waals surface area contributed by atoms with Crippen LogP contribution in [0.4, 0.5) is 13.9 Å². The number of amides is 1. The normalized spacial score (nSPS) is 10.5. The predicted octanol–water partition coefficient (Wildman–Crippen LogP) is 3.10. The molecule has 0 saturated carbocycles. The SMILES string of the molecule is CCOC(=O)Cc1csc(NC(=O)CCc2ccc(F)c(F)c2)n1. The van der Waals surface area contributed by atoms with E-state index in [1.807, 2.05) is 0 Å². The molecule has 0 aliphatic rings. The van der Waals surface area contributed by atoms with Gasteiger partial charge in [-0.3, -0.25) is 9.59 Å². The van der Waals surface area contributed by atoms with Crippen LogP contribution in [0.3, 0.4) is 0 Å². The predicted molar refractivity (Wildman–Crippen MR) is 85.8 cm³/mol. The second kappa shape index (κ2) is 8.49. The molecule has 0 saturated heterocycles. The molecule has 0 aliphatic carbocycles. The molecule has 1 heterocycles. The second-order valence-electron chi connectivity index (χ2n) is 4.92. The number of aromatic nitrogens is 1. The van der Waals surface area contributed by atoms with Gasteiger partial charge in [0.1, 0.15) is 0 Å². The number of carbonyl (C=O) groups is 2. The van der Waals surface area contributed by atoms with Gasteiger partial charge >= 0.3 is 5.97 Å². The summed E-state index contributed by atoms with van der Waals surface area (Å²) >= 11 is 1.20. The number of benzene rings is 1. The van der Waals surface area contributed by atoms with Crippen molar-refractivity contribution in [1.82, 2.24) is 4.98 Å². The van der Waals surface area contributed by atoms with E-state index in [9.17, 15) is 18.4 Å². The monoisotopic (exact) mass is 354 g/mol. The molecule has 0 fully saturated rings. The Morgan fingerprint density at radius 1 is 1.29 bits per heavy atom. The Bertz CT molecular complexity index is 734. The molecule has 0 bridgehead atoms. The van der Waals surface area contributed by atoms with Crippen LogP contribution in [0.2, 0.25) is 0 Å². The molecular weight excluding hydrogens is 338 g/mol. The van der Waals surface area contributed by atoms with Crippen LogP contribution in [-0.4, -0.2) is 23.5 Å². The minimum absolute atomic E-state index is 0.0507. The maximum atomic E-state index is 13.1. The van der Waals surface area contributed by atoms with Crippen molar-refractivity contribution < 1.29 is 23.1 Å². The number of hydrogen-bond acceptors (Lipinski definition) is 5. The Morgan fingerprint density at radius 2 is 2.08 bits per heavy atom. The lowest BCUT2D eigenvalue weighted by Crippen LogP contribution is -2.12. The first kappa shape index (κ1) is 18.0. The van der Waals surface area contributed by atoms with Crippen LogP contribution in [0, 0.1) is 11.6 Å². The van der Waals surface area contributed by atoms with Crippen LogP contribution in [0.5, 0.6) is 0 Å². The van der Waals surface area contributed by atoms with Gasteiger partial charge in [0.15, 0.2) is 16.8 Å². The Hall–Kier alpha value is -2.35. The molecule has 0 radical (unpaired) electrons. The molecule has 128 valence electrons. The van der Waals surface area contributed by atoms with E-state index in [2.05, 4.69) is 10.3 Å². The van der Waals surface area contributed by atoms with Gasteiger partial charge in [-0.1, -0.05) is 6.07 Å². The van der Waals surface area contributed by atoms with Crippen molar-refractivity contribution >= 4 is 28.3 Å². The van der Waals surface area contributed by atoms with E-state index >= 15 is 0 Å². The number of anilines is 1. The van der Waals surface area contributed by atoms with Crippen molar-refractivity contribution in [3.8, 4) is 0 Å². The molecule has 1 N–H and O–H groups in total. The summed E-state index contributed by atoms with van der Waals surface area (Å²) in [5.74, 6) is -2.52. The summed E-state index contributed by atoms with van der Waals surface area (Å²) < 4.78 is 30.7. The average Bonchev–Trinajstić information content (AvgIpc) is 2.95. The van der Waals surface area contributed by atoms with E-state index in [0.717, 1.165) is 12.1 Å². The molecule has 0 aliphatic heterocycles. The van der Waals surface area contributed by atoms with Gasteiger partial charge in [0.25, 0.3) is 0 Å². The van der Waals surface area contributed by atoms with Crippen molar-refractivity contribution in [2.24, 2.45) is 0 Å². The van der Waals surface area contributed by atoms with Gasteiger partial charge in [-0.05, 0) is 31.0 Å². The molecule has 8 heteroatoms. The van der Waals surface area contributed by atoms with E-state index in [-0.39, 0.29) is 31.1 Å². The van der Waals surface area contributed by atoms with Gasteiger partial charge in [-0.25, -0.2) is 13.8 Å². The van der Waals surface area contributed by atoms with Crippen LogP contribution in [0.25, 0.3) is 0 Å². The first-order valence-corrected chi connectivity index (χ1v) is 8.19. The van der Waals surface area contributed by atoms with Gasteiger partial charge in [-0.15, -0.1) is 11.3 Å². The standard InChI is InChI=1S/C16H16F2N2O3S/c1-2-23-15(22)8-11-9-24-16(19-11)20-14(21)6-4-10-3-5-12(17)13(18)7-10/h3,5,7,9H,2,4,6,8H2,1H3,(H,19,20,21). The first-order valence-electron chi connectivity index (χ1n) is 7.31. The lowest BCUT2D eigenvalue weighted by Gasteiger charge is -2.03. The topological polar surface area (TPSA) is 68.3 Å². The highest BCUT2D eigenvalue weighted by Gasteiger charge is 2.11. The molecule has 1 amide bonds. The molecule has 0 atom stereocenters. The Labute approximate surface area is 141 Å². The molecule has 1 aromatic carbocycles. The zero-order valence-electron chi connectivity index (χ0n) is 13.0. The molecule has 2 rings (SSSR count). The van der Waals surface area contributed by atoms with Crippen molar-refractivity contribution in [1.29, 1.82) is 0 Å². The summed E-state index contributed by atoms with van der Waals surface area (Å²) in [6.45, 7) is 2.02. The van der Waals surface area contributed by atoms with Crippen molar-refractivity contribution in [3.05, 3.63) is 46.5 Å². The fourth-order valence-electron chi connectivity index (χ4n) is 1.94. The molecule has 1 aromatic heterocycles. The maximum absolute atomic E-state index is 13.1. The minimum Gasteiger partial charge on any atom is -0.466 e. The van der Waals surface area contributed by atoms with Crippen molar-refractivity contribution in [2.75, 3.05) is 11.9 Å². The van der Waals surface area contributed by atoms with Crippen LogP contribution in [0.15, 0.2) is 23.6 Å². The minimum atomic E-state index is -0.934. The average molecular weight is 354 g/mol. The lowest BCUT2D eigenvalue weighted by molar-refractivity contribution is -0.142. The number of carbonyl (C=O) groups excluding carboxylic acids is 2. The highest BCUT2D eigenvalue weighted by Crippen LogP contribution is 2.17. The molecule has 24 heavy (non-hydrogen) atoms. The largest absolute Gasteiger partial charge is 0.466 e. The third kappa shape index (κ3) is 5.38. The summed E-state index contributed by atoms with van der Waals surface area (Å²) in [7, 11) is 0. The van der Waals surface area contributed by atoms with Gasteiger partial charge in [0.05, 0.1) is 18.7 Å². The highest BCUT2D eigenvalue weighted by molar-refractivity contribution is 7.13. The molecule has 2 aromatic rings. The second-order valence-corrected chi connectivity index (χ2v) is 5.78. The van der Waals surface area contributed by atoms with Crippen LogP contribution in [-0.2, 0) is 27.2 Å². The van der Waals surface area contributed by atoms with E-state index in [4.69, 9.17) is 4.74 Å². The summed E-state index contributed by atoms with van der Waals surface area (Å²) in [6, 6.07) is 3.54. The summed E-state index contributed by atoms with van der Waals surface area (Å²) in [5, 5.41) is 4.66. The zero-order chi connectivity index (χ0) is 17.5. The third-order valence-corrected chi connectivity index (χ3v) is 3.86.